The molecule has 0 radical (unpaired) electrons. The Labute approximate surface area is 101 Å². The van der Waals surface area contributed by atoms with Crippen LogP contribution in [0.25, 0.3) is 0 Å². The van der Waals surface area contributed by atoms with Crippen molar-refractivity contribution in [2.45, 2.75) is 25.9 Å². The van der Waals surface area contributed by atoms with Gasteiger partial charge in [-0.2, -0.15) is 0 Å². The smallest absolute Gasteiger partial charge is 0.318 e. The number of primary amides is 1. The van der Waals surface area contributed by atoms with Gasteiger partial charge in [-0.3, -0.25) is 15.0 Å². The maximum atomic E-state index is 11.5. The first-order valence-corrected chi connectivity index (χ1v) is 5.08. The van der Waals surface area contributed by atoms with Crippen molar-refractivity contribution in [3.63, 3.8) is 0 Å². The van der Waals surface area contributed by atoms with Crippen LogP contribution in [0.1, 0.15) is 13.8 Å². The Morgan fingerprint density at radius 1 is 1.56 bits per heavy atom. The summed E-state index contributed by atoms with van der Waals surface area (Å²) in [5.41, 5.74) is 4.89. The second-order valence-electron chi connectivity index (χ2n) is 3.88. The van der Waals surface area contributed by atoms with Gasteiger partial charge in [0.1, 0.15) is 0 Å². The van der Waals surface area contributed by atoms with Gasteiger partial charge in [-0.25, -0.2) is 4.79 Å². The average molecular weight is 251 g/mol. The molecule has 1 rings (SSSR count). The number of piperazine rings is 1. The number of rotatable bonds is 2. The monoisotopic (exact) mass is 250 g/mol. The van der Waals surface area contributed by atoms with Crippen LogP contribution in [-0.4, -0.2) is 48.6 Å². The van der Waals surface area contributed by atoms with Gasteiger partial charge >= 0.3 is 6.03 Å². The maximum absolute atomic E-state index is 11.5. The molecule has 1 aliphatic heterocycles. The summed E-state index contributed by atoms with van der Waals surface area (Å²) in [6.45, 7) is 6.29. The second kappa shape index (κ2) is 6.67. The third kappa shape index (κ3) is 4.34. The molecule has 2 atom stereocenters. The van der Waals surface area contributed by atoms with Crippen LogP contribution in [0.5, 0.6) is 0 Å². The zero-order chi connectivity index (χ0) is 11.4. The molecule has 2 unspecified atom stereocenters. The molecule has 1 aliphatic rings. The van der Waals surface area contributed by atoms with E-state index in [1.807, 2.05) is 4.90 Å². The molecule has 16 heavy (non-hydrogen) atoms. The molecule has 0 aromatic rings. The Morgan fingerprint density at radius 2 is 2.19 bits per heavy atom. The minimum atomic E-state index is -0.796. The van der Waals surface area contributed by atoms with E-state index in [-0.39, 0.29) is 24.4 Å². The van der Waals surface area contributed by atoms with E-state index >= 15 is 0 Å². The highest BCUT2D eigenvalue weighted by Crippen LogP contribution is 2.04. The first kappa shape index (κ1) is 15.2. The van der Waals surface area contributed by atoms with Crippen LogP contribution in [0.4, 0.5) is 4.79 Å². The van der Waals surface area contributed by atoms with E-state index in [0.29, 0.717) is 6.04 Å². The van der Waals surface area contributed by atoms with E-state index < -0.39 is 6.03 Å². The van der Waals surface area contributed by atoms with Crippen LogP contribution < -0.4 is 16.4 Å². The highest BCUT2D eigenvalue weighted by molar-refractivity contribution is 5.96. The van der Waals surface area contributed by atoms with Gasteiger partial charge < -0.3 is 11.1 Å². The Morgan fingerprint density at radius 3 is 2.69 bits per heavy atom. The third-order valence-electron chi connectivity index (χ3n) is 2.57. The summed E-state index contributed by atoms with van der Waals surface area (Å²) in [5, 5.41) is 5.37. The molecule has 0 aromatic carbocycles. The van der Waals surface area contributed by atoms with Gasteiger partial charge in [0, 0.05) is 25.7 Å². The van der Waals surface area contributed by atoms with Gasteiger partial charge in [0.05, 0.1) is 6.04 Å². The highest BCUT2D eigenvalue weighted by Gasteiger charge is 2.25. The van der Waals surface area contributed by atoms with Crippen molar-refractivity contribution in [1.29, 1.82) is 0 Å². The molecular weight excluding hydrogens is 232 g/mol. The summed E-state index contributed by atoms with van der Waals surface area (Å²) in [5.74, 6) is -0.336. The summed E-state index contributed by atoms with van der Waals surface area (Å²) in [6, 6.07) is -0.750. The molecule has 0 aromatic heterocycles. The van der Waals surface area contributed by atoms with E-state index in [1.54, 1.807) is 6.92 Å². The molecule has 0 aliphatic carbocycles. The topological polar surface area (TPSA) is 87.5 Å². The quantitative estimate of drug-likeness (QED) is 0.604. The second-order valence-corrected chi connectivity index (χ2v) is 3.88. The van der Waals surface area contributed by atoms with Crippen molar-refractivity contribution in [2.75, 3.05) is 19.6 Å². The number of hydrogen-bond acceptors (Lipinski definition) is 4. The molecule has 4 N–H and O–H groups in total. The number of carbonyl (C=O) groups is 2. The number of urea groups is 1. The first-order chi connectivity index (χ1) is 7.00. The maximum Gasteiger partial charge on any atom is 0.318 e. The lowest BCUT2D eigenvalue weighted by atomic mass is 10.1. The van der Waals surface area contributed by atoms with Gasteiger partial charge in [0.25, 0.3) is 0 Å². The number of nitrogens with zero attached hydrogens (tertiary/aromatic N) is 1. The number of nitrogens with two attached hydrogens (primary N) is 1. The molecule has 0 bridgehead atoms. The zero-order valence-electron chi connectivity index (χ0n) is 9.53. The SMILES string of the molecule is CC1CN(C(C)C(=O)NC(N)=O)CCN1.Cl. The van der Waals surface area contributed by atoms with Gasteiger partial charge in [0.2, 0.25) is 5.91 Å². The lowest BCUT2D eigenvalue weighted by Gasteiger charge is -2.35. The van der Waals surface area contributed by atoms with E-state index in [4.69, 9.17) is 5.73 Å². The predicted octanol–water partition coefficient (Wildman–Crippen LogP) is -0.715. The summed E-state index contributed by atoms with van der Waals surface area (Å²) < 4.78 is 0. The Kier molecular flexibility index (Phi) is 6.32. The van der Waals surface area contributed by atoms with Crippen LogP contribution >= 0.6 is 12.4 Å². The fourth-order valence-electron chi connectivity index (χ4n) is 1.71. The number of halogens is 1. The number of imide groups is 1. The van der Waals surface area contributed by atoms with Crippen molar-refractivity contribution in [2.24, 2.45) is 5.73 Å². The van der Waals surface area contributed by atoms with E-state index in [2.05, 4.69) is 17.6 Å². The third-order valence-corrected chi connectivity index (χ3v) is 2.57. The normalized spacial score (nSPS) is 23.0. The van der Waals surface area contributed by atoms with Crippen LogP contribution in [0, 0.1) is 0 Å². The zero-order valence-corrected chi connectivity index (χ0v) is 10.3. The van der Waals surface area contributed by atoms with Crippen LogP contribution in [0.3, 0.4) is 0 Å². The van der Waals surface area contributed by atoms with Crippen LogP contribution in [0.15, 0.2) is 0 Å². The molecule has 0 saturated carbocycles. The van der Waals surface area contributed by atoms with Crippen molar-refractivity contribution < 1.29 is 9.59 Å². The molecule has 1 saturated heterocycles. The number of hydrogen-bond donors (Lipinski definition) is 3. The number of amides is 3. The minimum absolute atomic E-state index is 0. The average Bonchev–Trinajstić information content (AvgIpc) is 2.15. The summed E-state index contributed by atoms with van der Waals surface area (Å²) in [6.07, 6.45) is 0. The van der Waals surface area contributed by atoms with Crippen molar-refractivity contribution in [3.05, 3.63) is 0 Å². The number of carbonyl (C=O) groups excluding carboxylic acids is 2. The molecule has 94 valence electrons. The van der Waals surface area contributed by atoms with Gasteiger partial charge in [-0.1, -0.05) is 0 Å². The standard InChI is InChI=1S/C9H18N4O2.ClH/c1-6-5-13(4-3-11-6)7(2)8(14)12-9(10)15;/h6-7,11H,3-5H2,1-2H3,(H3,10,12,14,15);1H. The lowest BCUT2D eigenvalue weighted by Crippen LogP contribution is -2.56. The van der Waals surface area contributed by atoms with E-state index in [0.717, 1.165) is 19.6 Å². The molecule has 6 nitrogen and oxygen atoms in total. The Balaban J connectivity index is 0.00000225. The van der Waals surface area contributed by atoms with Crippen molar-refractivity contribution in [3.8, 4) is 0 Å². The predicted molar refractivity (Wildman–Crippen MR) is 63.5 cm³/mol. The fraction of sp³-hybridized carbons (Fsp3) is 0.778. The molecule has 1 heterocycles. The summed E-state index contributed by atoms with van der Waals surface area (Å²) >= 11 is 0. The Bertz CT molecular complexity index is 262. The molecular formula is C9H19ClN4O2. The summed E-state index contributed by atoms with van der Waals surface area (Å²) in [4.78, 5) is 24.0. The van der Waals surface area contributed by atoms with Crippen LogP contribution in [0.2, 0.25) is 0 Å². The first-order valence-electron chi connectivity index (χ1n) is 5.08. The van der Waals surface area contributed by atoms with Crippen molar-refractivity contribution >= 4 is 24.3 Å². The molecule has 7 heteroatoms. The number of nitrogens with one attached hydrogen (secondary N) is 2. The Hall–Kier alpha value is -0.850. The largest absolute Gasteiger partial charge is 0.351 e. The fourth-order valence-corrected chi connectivity index (χ4v) is 1.71. The highest BCUT2D eigenvalue weighted by atomic mass is 35.5. The van der Waals surface area contributed by atoms with Crippen LogP contribution in [-0.2, 0) is 4.79 Å². The van der Waals surface area contributed by atoms with Crippen molar-refractivity contribution in [1.82, 2.24) is 15.5 Å². The molecule has 1 fully saturated rings. The van der Waals surface area contributed by atoms with Gasteiger partial charge in [-0.05, 0) is 13.8 Å². The summed E-state index contributed by atoms with van der Waals surface area (Å²) in [7, 11) is 0. The minimum Gasteiger partial charge on any atom is -0.351 e. The molecule has 0 spiro atoms. The van der Waals surface area contributed by atoms with E-state index in [9.17, 15) is 9.59 Å². The van der Waals surface area contributed by atoms with Gasteiger partial charge in [-0.15, -0.1) is 12.4 Å². The van der Waals surface area contributed by atoms with Gasteiger partial charge in [0.15, 0.2) is 0 Å². The lowest BCUT2D eigenvalue weighted by molar-refractivity contribution is -0.125. The van der Waals surface area contributed by atoms with E-state index in [1.165, 1.54) is 0 Å². The molecule has 3 amide bonds.